The minimum Gasteiger partial charge on any atom is -0.392 e. The predicted octanol–water partition coefficient (Wildman–Crippen LogP) is 3.22. The maximum atomic E-state index is 13.4. The molecule has 0 saturated carbocycles. The highest BCUT2D eigenvalue weighted by atomic mass is 19.1. The van der Waals surface area contributed by atoms with E-state index in [-0.39, 0.29) is 17.9 Å². The van der Waals surface area contributed by atoms with E-state index in [1.807, 2.05) is 6.08 Å². The molecular weight excluding hydrogens is 222 g/mol. The fourth-order valence-corrected chi connectivity index (χ4v) is 2.27. The Bertz CT molecular complexity index is 394. The Morgan fingerprint density at radius 3 is 2.53 bits per heavy atom. The van der Waals surface area contributed by atoms with E-state index in [4.69, 9.17) is 0 Å². The molecule has 0 aromatic heterocycles. The van der Waals surface area contributed by atoms with Crippen LogP contribution in [0.2, 0.25) is 0 Å². The van der Waals surface area contributed by atoms with Crippen LogP contribution in [0.5, 0.6) is 0 Å². The van der Waals surface area contributed by atoms with Crippen LogP contribution in [0.4, 0.5) is 8.78 Å². The van der Waals surface area contributed by atoms with Crippen molar-refractivity contribution in [1.82, 2.24) is 0 Å². The zero-order chi connectivity index (χ0) is 12.3. The monoisotopic (exact) mass is 238 g/mol. The van der Waals surface area contributed by atoms with Crippen LogP contribution in [0, 0.1) is 17.6 Å². The van der Waals surface area contributed by atoms with Gasteiger partial charge in [0.05, 0.1) is 6.10 Å². The molecule has 0 spiro atoms. The fraction of sp³-hybridized carbons (Fsp3) is 0.429. The first-order valence-electron chi connectivity index (χ1n) is 5.94. The van der Waals surface area contributed by atoms with Crippen LogP contribution < -0.4 is 0 Å². The second kappa shape index (κ2) is 5.41. The van der Waals surface area contributed by atoms with Gasteiger partial charge < -0.3 is 5.11 Å². The fourth-order valence-electron chi connectivity index (χ4n) is 2.27. The number of aliphatic hydroxyl groups excluding tert-OH is 1. The molecule has 0 amide bonds. The van der Waals surface area contributed by atoms with Crippen molar-refractivity contribution in [3.8, 4) is 0 Å². The number of hydrogen-bond donors (Lipinski definition) is 1. The highest BCUT2D eigenvalue weighted by Gasteiger charge is 2.22. The summed E-state index contributed by atoms with van der Waals surface area (Å²) < 4.78 is 26.8. The zero-order valence-electron chi connectivity index (χ0n) is 9.57. The predicted molar refractivity (Wildman–Crippen MR) is 62.5 cm³/mol. The van der Waals surface area contributed by atoms with Crippen LogP contribution in [0.1, 0.15) is 24.8 Å². The molecule has 2 rings (SSSR count). The van der Waals surface area contributed by atoms with Gasteiger partial charge in [0.2, 0.25) is 0 Å². The van der Waals surface area contributed by atoms with Crippen LogP contribution >= 0.6 is 0 Å². The van der Waals surface area contributed by atoms with Crippen molar-refractivity contribution < 1.29 is 13.9 Å². The third-order valence-electron chi connectivity index (χ3n) is 3.33. The maximum Gasteiger partial charge on any atom is 0.129 e. The van der Waals surface area contributed by atoms with Crippen LogP contribution in [-0.4, -0.2) is 11.2 Å². The summed E-state index contributed by atoms with van der Waals surface area (Å²) in [5.41, 5.74) is -0.00504. The molecule has 1 aliphatic rings. The first-order chi connectivity index (χ1) is 8.18. The third kappa shape index (κ3) is 2.91. The first-order valence-corrected chi connectivity index (χ1v) is 5.94. The van der Waals surface area contributed by atoms with Crippen molar-refractivity contribution in [1.29, 1.82) is 0 Å². The molecule has 0 fully saturated rings. The van der Waals surface area contributed by atoms with Gasteiger partial charge in [-0.25, -0.2) is 8.78 Å². The number of allylic oxidation sites excluding steroid dienone is 2. The molecule has 1 aromatic carbocycles. The molecule has 0 saturated heterocycles. The van der Waals surface area contributed by atoms with E-state index >= 15 is 0 Å². The van der Waals surface area contributed by atoms with Gasteiger partial charge in [-0.3, -0.25) is 0 Å². The van der Waals surface area contributed by atoms with Gasteiger partial charge in [0, 0.05) is 12.0 Å². The lowest BCUT2D eigenvalue weighted by Crippen LogP contribution is -2.24. The van der Waals surface area contributed by atoms with Gasteiger partial charge in [0.15, 0.2) is 0 Å². The summed E-state index contributed by atoms with van der Waals surface area (Å²) in [6.45, 7) is 0. The van der Waals surface area contributed by atoms with Gasteiger partial charge in [-0.1, -0.05) is 18.2 Å². The van der Waals surface area contributed by atoms with Crippen molar-refractivity contribution in [3.63, 3.8) is 0 Å². The van der Waals surface area contributed by atoms with Gasteiger partial charge in [-0.05, 0) is 37.3 Å². The van der Waals surface area contributed by atoms with Crippen molar-refractivity contribution in [2.75, 3.05) is 0 Å². The lowest BCUT2D eigenvalue weighted by atomic mass is 9.86. The summed E-state index contributed by atoms with van der Waals surface area (Å²) >= 11 is 0. The molecule has 1 nitrogen and oxygen atoms in total. The maximum absolute atomic E-state index is 13.4. The molecule has 1 aromatic rings. The number of aliphatic hydroxyl groups is 1. The summed E-state index contributed by atoms with van der Waals surface area (Å²) in [6.07, 6.45) is 6.08. The number of hydrogen-bond acceptors (Lipinski definition) is 1. The van der Waals surface area contributed by atoms with Crippen molar-refractivity contribution in [2.24, 2.45) is 5.92 Å². The van der Waals surface area contributed by atoms with E-state index < -0.39 is 17.7 Å². The zero-order valence-corrected chi connectivity index (χ0v) is 9.57. The molecule has 3 heteroatoms. The third-order valence-corrected chi connectivity index (χ3v) is 3.33. The minimum absolute atomic E-state index is 0.00504. The Kier molecular flexibility index (Phi) is 3.89. The van der Waals surface area contributed by atoms with Crippen LogP contribution in [0.25, 0.3) is 0 Å². The molecular formula is C14H16F2O. The summed E-state index contributed by atoms with van der Waals surface area (Å²) in [5, 5.41) is 10.0. The number of benzene rings is 1. The summed E-state index contributed by atoms with van der Waals surface area (Å²) in [4.78, 5) is 0. The van der Waals surface area contributed by atoms with Crippen molar-refractivity contribution in [2.45, 2.75) is 31.8 Å². The summed E-state index contributed by atoms with van der Waals surface area (Å²) in [5.74, 6) is -1.04. The standard InChI is InChI=1S/C14H16F2O/c15-12-7-4-8-13(16)11(12)9-14(17)10-5-2-1-3-6-10/h1-2,4,7-8,10,14,17H,3,5-6,9H2. The van der Waals surface area contributed by atoms with Gasteiger partial charge >= 0.3 is 0 Å². The molecule has 1 N–H and O–H groups in total. The molecule has 2 atom stereocenters. The number of rotatable bonds is 3. The quantitative estimate of drug-likeness (QED) is 0.802. The largest absolute Gasteiger partial charge is 0.392 e. The Labute approximate surface area is 99.8 Å². The van der Waals surface area contributed by atoms with E-state index in [9.17, 15) is 13.9 Å². The van der Waals surface area contributed by atoms with Gasteiger partial charge in [-0.2, -0.15) is 0 Å². The molecule has 0 aliphatic heterocycles. The molecule has 92 valence electrons. The molecule has 0 heterocycles. The first kappa shape index (κ1) is 12.2. The molecule has 1 aliphatic carbocycles. The smallest absolute Gasteiger partial charge is 0.129 e. The summed E-state index contributed by atoms with van der Waals surface area (Å²) in [6, 6.07) is 3.79. The highest BCUT2D eigenvalue weighted by Crippen LogP contribution is 2.25. The number of halogens is 2. The van der Waals surface area contributed by atoms with E-state index in [1.54, 1.807) is 0 Å². The van der Waals surface area contributed by atoms with Gasteiger partial charge in [-0.15, -0.1) is 0 Å². The van der Waals surface area contributed by atoms with Crippen LogP contribution in [0.15, 0.2) is 30.4 Å². The Morgan fingerprint density at radius 2 is 1.94 bits per heavy atom. The summed E-state index contributed by atoms with van der Waals surface area (Å²) in [7, 11) is 0. The average Bonchev–Trinajstić information content (AvgIpc) is 2.35. The molecule has 0 bridgehead atoms. The average molecular weight is 238 g/mol. The molecule has 17 heavy (non-hydrogen) atoms. The SMILES string of the molecule is OC(Cc1c(F)cccc1F)C1CC=CCC1. The van der Waals surface area contributed by atoms with E-state index in [2.05, 4.69) is 6.08 Å². The van der Waals surface area contributed by atoms with Gasteiger partial charge in [0.25, 0.3) is 0 Å². The Hall–Kier alpha value is -1.22. The topological polar surface area (TPSA) is 20.2 Å². The van der Waals surface area contributed by atoms with E-state index in [0.29, 0.717) is 0 Å². The lowest BCUT2D eigenvalue weighted by Gasteiger charge is -2.24. The van der Waals surface area contributed by atoms with Gasteiger partial charge in [0.1, 0.15) is 11.6 Å². The minimum atomic E-state index is -0.675. The van der Waals surface area contributed by atoms with Crippen molar-refractivity contribution >= 4 is 0 Å². The normalized spacial score (nSPS) is 21.5. The Balaban J connectivity index is 2.07. The lowest BCUT2D eigenvalue weighted by molar-refractivity contribution is 0.100. The van der Waals surface area contributed by atoms with Crippen LogP contribution in [-0.2, 0) is 6.42 Å². The van der Waals surface area contributed by atoms with E-state index in [1.165, 1.54) is 18.2 Å². The van der Waals surface area contributed by atoms with E-state index in [0.717, 1.165) is 19.3 Å². The van der Waals surface area contributed by atoms with Crippen molar-refractivity contribution in [3.05, 3.63) is 47.5 Å². The second-order valence-corrected chi connectivity index (χ2v) is 4.52. The second-order valence-electron chi connectivity index (χ2n) is 4.52. The molecule has 0 radical (unpaired) electrons. The molecule has 2 unspecified atom stereocenters. The Morgan fingerprint density at radius 1 is 1.24 bits per heavy atom. The van der Waals surface area contributed by atoms with Crippen LogP contribution in [0.3, 0.4) is 0 Å². The highest BCUT2D eigenvalue weighted by molar-refractivity contribution is 5.20.